The van der Waals surface area contributed by atoms with Crippen molar-refractivity contribution in [2.24, 2.45) is 0 Å². The first-order valence-corrected chi connectivity index (χ1v) is 7.12. The molecule has 0 radical (unpaired) electrons. The number of hydrogen-bond acceptors (Lipinski definition) is 5. The first-order chi connectivity index (χ1) is 8.48. The van der Waals surface area contributed by atoms with Gasteiger partial charge in [-0.2, -0.15) is 0 Å². The first kappa shape index (κ1) is 15.9. The van der Waals surface area contributed by atoms with Crippen molar-refractivity contribution in [2.45, 2.75) is 44.7 Å². The van der Waals surface area contributed by atoms with E-state index < -0.39 is 5.79 Å². The zero-order valence-electron chi connectivity index (χ0n) is 10.6. The van der Waals surface area contributed by atoms with Crippen molar-refractivity contribution in [3.63, 3.8) is 0 Å². The van der Waals surface area contributed by atoms with Gasteiger partial charge in [0.15, 0.2) is 5.79 Å². The minimum absolute atomic E-state index is 0.0174. The van der Waals surface area contributed by atoms with Crippen LogP contribution in [0.15, 0.2) is 10.2 Å². The second-order valence-corrected chi connectivity index (χ2v) is 5.18. The van der Waals surface area contributed by atoms with Crippen LogP contribution in [-0.2, 0) is 19.0 Å². The lowest BCUT2D eigenvalue weighted by molar-refractivity contribution is -0.155. The standard InChI is InChI=1S/C12H19IO5/c1-12(2)17-9(4-5-13)10(18-12)8-11(15)16-7-3-6-14/h4-5,9-10,14H,3,6-8H2,1-2H3/b5-4+/t9-,10-/m0/s1. The summed E-state index contributed by atoms with van der Waals surface area (Å²) in [6, 6.07) is 0. The van der Waals surface area contributed by atoms with Gasteiger partial charge in [-0.25, -0.2) is 0 Å². The first-order valence-electron chi connectivity index (χ1n) is 5.87. The summed E-state index contributed by atoms with van der Waals surface area (Å²) in [7, 11) is 0. The van der Waals surface area contributed by atoms with Crippen LogP contribution >= 0.6 is 22.6 Å². The number of esters is 1. The molecule has 1 heterocycles. The predicted molar refractivity (Wildman–Crippen MR) is 74.3 cm³/mol. The zero-order chi connectivity index (χ0) is 13.6. The van der Waals surface area contributed by atoms with E-state index in [2.05, 4.69) is 22.6 Å². The molecule has 0 aliphatic carbocycles. The van der Waals surface area contributed by atoms with Crippen LogP contribution in [0.1, 0.15) is 26.7 Å². The Morgan fingerprint density at radius 3 is 2.83 bits per heavy atom. The fourth-order valence-electron chi connectivity index (χ4n) is 1.73. The van der Waals surface area contributed by atoms with E-state index in [1.165, 1.54) is 0 Å². The molecule has 0 aromatic rings. The van der Waals surface area contributed by atoms with E-state index in [0.717, 1.165) is 0 Å². The van der Waals surface area contributed by atoms with E-state index in [-0.39, 0.29) is 37.8 Å². The molecular formula is C12H19IO5. The van der Waals surface area contributed by atoms with E-state index in [0.29, 0.717) is 6.42 Å². The molecule has 2 atom stereocenters. The van der Waals surface area contributed by atoms with Gasteiger partial charge in [0.1, 0.15) is 12.2 Å². The topological polar surface area (TPSA) is 65.0 Å². The quantitative estimate of drug-likeness (QED) is 0.439. The van der Waals surface area contributed by atoms with Gasteiger partial charge in [-0.1, -0.05) is 22.6 Å². The molecule has 5 nitrogen and oxygen atoms in total. The highest BCUT2D eigenvalue weighted by atomic mass is 127. The van der Waals surface area contributed by atoms with Gasteiger partial charge in [0, 0.05) is 13.0 Å². The second-order valence-electron chi connectivity index (χ2n) is 4.46. The predicted octanol–water partition coefficient (Wildman–Crippen LogP) is 1.77. The molecule has 0 unspecified atom stereocenters. The van der Waals surface area contributed by atoms with Crippen molar-refractivity contribution >= 4 is 28.6 Å². The molecule has 0 aromatic carbocycles. The highest BCUT2D eigenvalue weighted by molar-refractivity contribution is 14.1. The molecule has 0 spiro atoms. The normalized spacial score (nSPS) is 26.7. The average molecular weight is 370 g/mol. The van der Waals surface area contributed by atoms with Gasteiger partial charge in [-0.15, -0.1) is 0 Å². The summed E-state index contributed by atoms with van der Waals surface area (Å²) >= 11 is 2.10. The Labute approximate surface area is 121 Å². The molecule has 1 rings (SSSR count). The van der Waals surface area contributed by atoms with Gasteiger partial charge >= 0.3 is 5.97 Å². The van der Waals surface area contributed by atoms with Gasteiger partial charge in [0.05, 0.1) is 13.0 Å². The summed E-state index contributed by atoms with van der Waals surface area (Å²) in [5, 5.41) is 8.60. The maximum Gasteiger partial charge on any atom is 0.308 e. The van der Waals surface area contributed by atoms with Crippen LogP contribution in [0.4, 0.5) is 0 Å². The lowest BCUT2D eigenvalue weighted by Gasteiger charge is -2.16. The molecule has 18 heavy (non-hydrogen) atoms. The lowest BCUT2D eigenvalue weighted by Crippen LogP contribution is -2.25. The van der Waals surface area contributed by atoms with Gasteiger partial charge in [0.25, 0.3) is 0 Å². The zero-order valence-corrected chi connectivity index (χ0v) is 12.8. The van der Waals surface area contributed by atoms with Gasteiger partial charge in [-0.05, 0) is 24.0 Å². The Morgan fingerprint density at radius 2 is 2.22 bits per heavy atom. The summed E-state index contributed by atoms with van der Waals surface area (Å²) in [6.45, 7) is 3.89. The van der Waals surface area contributed by atoms with Crippen LogP contribution < -0.4 is 0 Å². The minimum Gasteiger partial charge on any atom is -0.466 e. The van der Waals surface area contributed by atoms with Crippen molar-refractivity contribution in [1.82, 2.24) is 0 Å². The highest BCUT2D eigenvalue weighted by Crippen LogP contribution is 2.31. The van der Waals surface area contributed by atoms with Crippen LogP contribution in [0.3, 0.4) is 0 Å². The Hall–Kier alpha value is -0.180. The molecular weight excluding hydrogens is 351 g/mol. The molecule has 0 amide bonds. The fraction of sp³-hybridized carbons (Fsp3) is 0.750. The summed E-state index contributed by atoms with van der Waals surface area (Å²) < 4.78 is 18.2. The number of rotatable bonds is 6. The molecule has 1 aliphatic heterocycles. The van der Waals surface area contributed by atoms with Crippen LogP contribution in [0.5, 0.6) is 0 Å². The van der Waals surface area contributed by atoms with E-state index in [1.54, 1.807) is 0 Å². The number of carbonyl (C=O) groups excluding carboxylic acids is 1. The Morgan fingerprint density at radius 1 is 1.50 bits per heavy atom. The second kappa shape index (κ2) is 7.42. The average Bonchev–Trinajstić information content (AvgIpc) is 2.54. The van der Waals surface area contributed by atoms with Crippen molar-refractivity contribution < 1.29 is 24.1 Å². The Bertz CT molecular complexity index is 303. The van der Waals surface area contributed by atoms with Crippen LogP contribution in [-0.4, -0.2) is 42.3 Å². The number of ether oxygens (including phenoxy) is 3. The van der Waals surface area contributed by atoms with Crippen LogP contribution in [0, 0.1) is 0 Å². The van der Waals surface area contributed by atoms with Gasteiger partial charge < -0.3 is 19.3 Å². The molecule has 0 bridgehead atoms. The van der Waals surface area contributed by atoms with Crippen LogP contribution in [0.2, 0.25) is 0 Å². The van der Waals surface area contributed by atoms with Crippen molar-refractivity contribution in [1.29, 1.82) is 0 Å². The molecule has 0 saturated carbocycles. The lowest BCUT2D eigenvalue weighted by atomic mass is 10.1. The Kier molecular flexibility index (Phi) is 6.54. The molecule has 104 valence electrons. The van der Waals surface area contributed by atoms with Gasteiger partial charge in [0.2, 0.25) is 0 Å². The van der Waals surface area contributed by atoms with E-state index in [9.17, 15) is 4.79 Å². The summed E-state index contributed by atoms with van der Waals surface area (Å²) in [6.07, 6.45) is 1.91. The number of aliphatic hydroxyl groups excluding tert-OH is 1. The maximum absolute atomic E-state index is 11.6. The number of carbonyl (C=O) groups is 1. The molecule has 1 saturated heterocycles. The van der Waals surface area contributed by atoms with E-state index in [1.807, 2.05) is 24.0 Å². The van der Waals surface area contributed by atoms with Crippen molar-refractivity contribution in [3.05, 3.63) is 10.2 Å². The Balaban J connectivity index is 2.46. The number of aliphatic hydroxyl groups is 1. The van der Waals surface area contributed by atoms with Gasteiger partial charge in [-0.3, -0.25) is 4.79 Å². The molecule has 0 aromatic heterocycles. The third-order valence-corrected chi connectivity index (χ3v) is 2.83. The molecule has 6 heteroatoms. The van der Waals surface area contributed by atoms with Crippen molar-refractivity contribution in [3.8, 4) is 0 Å². The number of halogens is 1. The molecule has 1 aliphatic rings. The van der Waals surface area contributed by atoms with E-state index >= 15 is 0 Å². The summed E-state index contributed by atoms with van der Waals surface area (Å²) in [5.41, 5.74) is 0. The number of hydrogen-bond donors (Lipinski definition) is 1. The highest BCUT2D eigenvalue weighted by Gasteiger charge is 2.41. The molecule has 1 fully saturated rings. The third-order valence-electron chi connectivity index (χ3n) is 2.42. The SMILES string of the molecule is CC1(C)O[C@@H](/C=C/I)[C@H](CC(=O)OCCCO)O1. The monoisotopic (exact) mass is 370 g/mol. The maximum atomic E-state index is 11.6. The summed E-state index contributed by atoms with van der Waals surface area (Å²) in [4.78, 5) is 11.6. The third kappa shape index (κ3) is 5.21. The summed E-state index contributed by atoms with van der Waals surface area (Å²) in [5.74, 6) is -1.02. The van der Waals surface area contributed by atoms with Crippen molar-refractivity contribution in [2.75, 3.05) is 13.2 Å². The van der Waals surface area contributed by atoms with E-state index in [4.69, 9.17) is 19.3 Å². The largest absolute Gasteiger partial charge is 0.466 e. The van der Waals surface area contributed by atoms with Crippen LogP contribution in [0.25, 0.3) is 0 Å². The molecule has 1 N–H and O–H groups in total. The minimum atomic E-state index is -0.684. The smallest absolute Gasteiger partial charge is 0.308 e. The fourth-order valence-corrected chi connectivity index (χ4v) is 2.14.